The largest absolute Gasteiger partial charge is 0.481 e. The standard InChI is InChI=1S/C10H10O2.2C2H6/c11-10(12)6-8-5-7-3-1-2-4-9(7)8;2*1-2/h1-4,8H,5-6H2,(H,11,12);2*1-2H3/t8-;;/m1../s1. The van der Waals surface area contributed by atoms with Gasteiger partial charge in [-0.05, 0) is 23.5 Å². The van der Waals surface area contributed by atoms with Crippen LogP contribution in [0, 0.1) is 0 Å². The van der Waals surface area contributed by atoms with Crippen LogP contribution in [0.1, 0.15) is 51.2 Å². The third-order valence-corrected chi connectivity index (χ3v) is 2.38. The lowest BCUT2D eigenvalue weighted by atomic mass is 9.76. The maximum Gasteiger partial charge on any atom is 0.303 e. The Bertz CT molecular complexity index is 318. The Kier molecular flexibility index (Phi) is 7.27. The second kappa shape index (κ2) is 7.91. The predicted molar refractivity (Wildman–Crippen MR) is 67.8 cm³/mol. The molecule has 0 unspecified atom stereocenters. The van der Waals surface area contributed by atoms with Crippen LogP contribution in [0.25, 0.3) is 0 Å². The number of rotatable bonds is 2. The summed E-state index contributed by atoms with van der Waals surface area (Å²) in [5, 5.41) is 8.57. The van der Waals surface area contributed by atoms with Crippen LogP contribution in [0.15, 0.2) is 24.3 Å². The molecule has 0 saturated heterocycles. The van der Waals surface area contributed by atoms with Gasteiger partial charge in [-0.3, -0.25) is 4.79 Å². The Labute approximate surface area is 98.3 Å². The first-order chi connectivity index (χ1) is 7.77. The molecule has 0 bridgehead atoms. The minimum atomic E-state index is -0.700. The highest BCUT2D eigenvalue weighted by atomic mass is 16.4. The Morgan fingerprint density at radius 1 is 1.25 bits per heavy atom. The van der Waals surface area contributed by atoms with E-state index in [1.807, 2.05) is 45.9 Å². The summed E-state index contributed by atoms with van der Waals surface area (Å²) in [6.07, 6.45) is 1.21. The lowest BCUT2D eigenvalue weighted by Gasteiger charge is -2.28. The van der Waals surface area contributed by atoms with Crippen LogP contribution in [0.5, 0.6) is 0 Å². The van der Waals surface area contributed by atoms with Gasteiger partial charge >= 0.3 is 5.97 Å². The molecule has 1 N–H and O–H groups in total. The van der Waals surface area contributed by atoms with Crippen LogP contribution in [0.2, 0.25) is 0 Å². The van der Waals surface area contributed by atoms with Crippen LogP contribution in [-0.2, 0) is 11.2 Å². The van der Waals surface area contributed by atoms with E-state index in [9.17, 15) is 4.79 Å². The van der Waals surface area contributed by atoms with Crippen molar-refractivity contribution in [2.24, 2.45) is 0 Å². The van der Waals surface area contributed by atoms with Crippen LogP contribution >= 0.6 is 0 Å². The summed E-state index contributed by atoms with van der Waals surface area (Å²) in [6.45, 7) is 8.00. The molecule has 1 aromatic carbocycles. The Hall–Kier alpha value is -1.31. The number of fused-ring (bicyclic) bond motifs is 1. The van der Waals surface area contributed by atoms with Crippen molar-refractivity contribution in [3.05, 3.63) is 35.4 Å². The van der Waals surface area contributed by atoms with E-state index in [0.717, 1.165) is 6.42 Å². The molecule has 2 rings (SSSR count). The molecule has 0 fully saturated rings. The molecule has 1 atom stereocenters. The monoisotopic (exact) mass is 222 g/mol. The van der Waals surface area contributed by atoms with E-state index < -0.39 is 5.97 Å². The van der Waals surface area contributed by atoms with E-state index in [0.29, 0.717) is 0 Å². The van der Waals surface area contributed by atoms with Gasteiger partial charge in [0.05, 0.1) is 6.42 Å². The van der Waals surface area contributed by atoms with E-state index in [4.69, 9.17) is 5.11 Å². The topological polar surface area (TPSA) is 37.3 Å². The number of hydrogen-bond acceptors (Lipinski definition) is 1. The highest BCUT2D eigenvalue weighted by molar-refractivity contribution is 5.69. The van der Waals surface area contributed by atoms with Crippen molar-refractivity contribution in [1.82, 2.24) is 0 Å². The second-order valence-electron chi connectivity index (χ2n) is 3.20. The zero-order valence-electron chi connectivity index (χ0n) is 10.7. The van der Waals surface area contributed by atoms with Crippen molar-refractivity contribution in [2.75, 3.05) is 0 Å². The van der Waals surface area contributed by atoms with Gasteiger partial charge in [-0.15, -0.1) is 0 Å². The summed E-state index contributed by atoms with van der Waals surface area (Å²) in [5.41, 5.74) is 2.53. The number of benzene rings is 1. The average molecular weight is 222 g/mol. The molecular formula is C14H22O2. The Morgan fingerprint density at radius 2 is 1.81 bits per heavy atom. The molecule has 0 aliphatic heterocycles. The second-order valence-corrected chi connectivity index (χ2v) is 3.20. The molecule has 0 spiro atoms. The van der Waals surface area contributed by atoms with E-state index >= 15 is 0 Å². The molecule has 0 heterocycles. The number of carboxylic acids is 1. The molecule has 2 heteroatoms. The predicted octanol–water partition coefficient (Wildman–Crippen LogP) is 3.85. The van der Waals surface area contributed by atoms with Crippen LogP contribution < -0.4 is 0 Å². The highest BCUT2D eigenvalue weighted by Gasteiger charge is 2.26. The molecule has 1 aliphatic carbocycles. The third-order valence-electron chi connectivity index (χ3n) is 2.38. The zero-order chi connectivity index (χ0) is 12.6. The first-order valence-corrected chi connectivity index (χ1v) is 6.07. The molecule has 1 aromatic rings. The molecular weight excluding hydrogens is 200 g/mol. The van der Waals surface area contributed by atoms with Crippen LogP contribution in [0.4, 0.5) is 0 Å². The fraction of sp³-hybridized carbons (Fsp3) is 0.500. The van der Waals surface area contributed by atoms with Gasteiger partial charge < -0.3 is 5.11 Å². The van der Waals surface area contributed by atoms with E-state index in [2.05, 4.69) is 6.07 Å². The van der Waals surface area contributed by atoms with Gasteiger partial charge in [0.1, 0.15) is 0 Å². The van der Waals surface area contributed by atoms with Crippen LogP contribution in [-0.4, -0.2) is 11.1 Å². The van der Waals surface area contributed by atoms with Crippen molar-refractivity contribution in [3.8, 4) is 0 Å². The summed E-state index contributed by atoms with van der Waals surface area (Å²) in [6, 6.07) is 8.04. The molecule has 0 aromatic heterocycles. The van der Waals surface area contributed by atoms with Crippen molar-refractivity contribution < 1.29 is 9.90 Å². The first kappa shape index (κ1) is 14.7. The van der Waals surface area contributed by atoms with Gasteiger partial charge in [-0.1, -0.05) is 52.0 Å². The number of carbonyl (C=O) groups is 1. The van der Waals surface area contributed by atoms with Gasteiger partial charge in [-0.25, -0.2) is 0 Å². The van der Waals surface area contributed by atoms with E-state index in [-0.39, 0.29) is 12.3 Å². The van der Waals surface area contributed by atoms with Gasteiger partial charge in [0.25, 0.3) is 0 Å². The van der Waals surface area contributed by atoms with E-state index in [1.54, 1.807) is 0 Å². The molecule has 0 radical (unpaired) electrons. The van der Waals surface area contributed by atoms with Gasteiger partial charge in [0.2, 0.25) is 0 Å². The average Bonchev–Trinajstić information content (AvgIpc) is 2.31. The van der Waals surface area contributed by atoms with Crippen molar-refractivity contribution in [3.63, 3.8) is 0 Å². The van der Waals surface area contributed by atoms with Gasteiger partial charge in [0, 0.05) is 0 Å². The molecule has 90 valence electrons. The number of hydrogen-bond donors (Lipinski definition) is 1. The normalized spacial score (nSPS) is 15.4. The molecule has 1 aliphatic rings. The maximum absolute atomic E-state index is 10.4. The molecule has 0 saturated carbocycles. The molecule has 0 amide bonds. The summed E-state index contributed by atoms with van der Waals surface area (Å²) < 4.78 is 0. The smallest absolute Gasteiger partial charge is 0.303 e. The highest BCUT2D eigenvalue weighted by Crippen LogP contribution is 2.36. The fourth-order valence-corrected chi connectivity index (χ4v) is 1.76. The fourth-order valence-electron chi connectivity index (χ4n) is 1.76. The van der Waals surface area contributed by atoms with E-state index in [1.165, 1.54) is 11.1 Å². The number of carboxylic acid groups (broad SMARTS) is 1. The Morgan fingerprint density at radius 3 is 2.31 bits per heavy atom. The van der Waals surface area contributed by atoms with Crippen LogP contribution in [0.3, 0.4) is 0 Å². The van der Waals surface area contributed by atoms with Gasteiger partial charge in [0.15, 0.2) is 0 Å². The SMILES string of the molecule is CC.CC.O=C(O)C[C@H]1Cc2ccccc21. The lowest BCUT2D eigenvalue weighted by molar-refractivity contribution is -0.137. The lowest BCUT2D eigenvalue weighted by Crippen LogP contribution is -2.19. The molecule has 16 heavy (non-hydrogen) atoms. The summed E-state index contributed by atoms with van der Waals surface area (Å²) in [7, 11) is 0. The number of aliphatic carboxylic acids is 1. The minimum absolute atomic E-state index is 0.263. The van der Waals surface area contributed by atoms with Crippen molar-refractivity contribution in [1.29, 1.82) is 0 Å². The van der Waals surface area contributed by atoms with Crippen molar-refractivity contribution >= 4 is 5.97 Å². The maximum atomic E-state index is 10.4. The minimum Gasteiger partial charge on any atom is -0.481 e. The van der Waals surface area contributed by atoms with Gasteiger partial charge in [-0.2, -0.15) is 0 Å². The third kappa shape index (κ3) is 3.69. The molecule has 2 nitrogen and oxygen atoms in total. The summed E-state index contributed by atoms with van der Waals surface area (Å²) >= 11 is 0. The quantitative estimate of drug-likeness (QED) is 0.825. The summed E-state index contributed by atoms with van der Waals surface area (Å²) in [5.74, 6) is -0.437. The Balaban J connectivity index is 0.000000509. The zero-order valence-corrected chi connectivity index (χ0v) is 10.7. The first-order valence-electron chi connectivity index (χ1n) is 6.07. The van der Waals surface area contributed by atoms with Crippen molar-refractivity contribution in [2.45, 2.75) is 46.5 Å². The summed E-state index contributed by atoms with van der Waals surface area (Å²) in [4.78, 5) is 10.4.